The van der Waals surface area contributed by atoms with Gasteiger partial charge < -0.3 is 14.8 Å². The molecule has 0 bridgehead atoms. The van der Waals surface area contributed by atoms with Crippen molar-refractivity contribution >= 4 is 22.8 Å². The van der Waals surface area contributed by atoms with E-state index in [0.29, 0.717) is 24.3 Å². The number of carbonyl (C=O) groups excluding carboxylic acids is 1. The standard InChI is InChI=1S/C30H34N8O/c1-36(24-5-6-24)29-17-26(32-19-33-29)22-4-7-25-27(15-22)35-28(34-25)16-23-14-20(8-9-31-23)18-37-10-12-38(13-11-37)30(39)21-2-3-21/h4,7-9,14-15,17,19,21,24H,2-3,5-6,10-13,16,18H2,1H3,(H,34,35). The topological polar surface area (TPSA) is 94.1 Å². The first-order chi connectivity index (χ1) is 19.1. The van der Waals surface area contributed by atoms with Crippen LogP contribution < -0.4 is 4.90 Å². The fourth-order valence-corrected chi connectivity index (χ4v) is 5.52. The number of amides is 1. The van der Waals surface area contributed by atoms with Gasteiger partial charge in [-0.1, -0.05) is 6.07 Å². The summed E-state index contributed by atoms with van der Waals surface area (Å²) in [7, 11) is 2.11. The van der Waals surface area contributed by atoms with Crippen LogP contribution in [0.4, 0.5) is 5.82 Å². The van der Waals surface area contributed by atoms with Crippen LogP contribution in [-0.2, 0) is 17.8 Å². The molecule has 4 aromatic rings. The number of hydrogen-bond acceptors (Lipinski definition) is 7. The predicted molar refractivity (Wildman–Crippen MR) is 150 cm³/mol. The number of aromatic nitrogens is 5. The van der Waals surface area contributed by atoms with E-state index in [1.165, 1.54) is 18.4 Å². The van der Waals surface area contributed by atoms with Crippen molar-refractivity contribution < 1.29 is 4.79 Å². The Morgan fingerprint density at radius 3 is 2.64 bits per heavy atom. The summed E-state index contributed by atoms with van der Waals surface area (Å²) >= 11 is 0. The van der Waals surface area contributed by atoms with Gasteiger partial charge in [0.1, 0.15) is 18.0 Å². The molecule has 2 aliphatic carbocycles. The summed E-state index contributed by atoms with van der Waals surface area (Å²) in [5.74, 6) is 2.54. The van der Waals surface area contributed by atoms with Crippen LogP contribution in [0.1, 0.15) is 42.8 Å². The van der Waals surface area contributed by atoms with Crippen LogP contribution in [0, 0.1) is 5.92 Å². The fraction of sp³-hybridized carbons (Fsp3) is 0.433. The van der Waals surface area contributed by atoms with Crippen molar-refractivity contribution in [2.45, 2.75) is 44.7 Å². The summed E-state index contributed by atoms with van der Waals surface area (Å²) in [6.45, 7) is 4.39. The average Bonchev–Trinajstić information content (AvgIpc) is 3.89. The Kier molecular flexibility index (Phi) is 6.23. The Morgan fingerprint density at radius 1 is 1.00 bits per heavy atom. The van der Waals surface area contributed by atoms with Gasteiger partial charge in [-0.25, -0.2) is 15.0 Å². The number of H-pyrrole nitrogens is 1. The summed E-state index contributed by atoms with van der Waals surface area (Å²) in [5, 5.41) is 0. The smallest absolute Gasteiger partial charge is 0.225 e. The molecule has 1 amide bonds. The number of carbonyl (C=O) groups is 1. The molecule has 1 N–H and O–H groups in total. The minimum absolute atomic E-state index is 0.309. The van der Waals surface area contributed by atoms with E-state index in [4.69, 9.17) is 4.98 Å². The second-order valence-corrected chi connectivity index (χ2v) is 11.2. The third-order valence-electron chi connectivity index (χ3n) is 8.18. The molecule has 200 valence electrons. The van der Waals surface area contributed by atoms with Gasteiger partial charge in [0.05, 0.1) is 16.7 Å². The summed E-state index contributed by atoms with van der Waals surface area (Å²) in [4.78, 5) is 41.0. The molecular weight excluding hydrogens is 488 g/mol. The largest absolute Gasteiger partial charge is 0.357 e. The fourth-order valence-electron chi connectivity index (χ4n) is 5.52. The van der Waals surface area contributed by atoms with Crippen LogP contribution in [0.25, 0.3) is 22.3 Å². The number of pyridine rings is 1. The highest BCUT2D eigenvalue weighted by Crippen LogP contribution is 2.32. The second kappa shape index (κ2) is 10.0. The molecule has 4 heterocycles. The molecule has 7 rings (SSSR count). The number of piperazine rings is 1. The van der Waals surface area contributed by atoms with Crippen LogP contribution in [0.3, 0.4) is 0 Å². The first-order valence-electron chi connectivity index (χ1n) is 14.1. The molecule has 9 nitrogen and oxygen atoms in total. The van der Waals surface area contributed by atoms with E-state index < -0.39 is 0 Å². The van der Waals surface area contributed by atoms with Crippen molar-refractivity contribution in [1.82, 2.24) is 34.7 Å². The molecule has 0 atom stereocenters. The van der Waals surface area contributed by atoms with Crippen LogP contribution in [0.2, 0.25) is 0 Å². The van der Waals surface area contributed by atoms with Gasteiger partial charge in [0.15, 0.2) is 0 Å². The molecule has 39 heavy (non-hydrogen) atoms. The van der Waals surface area contributed by atoms with E-state index in [2.05, 4.69) is 78.1 Å². The van der Waals surface area contributed by atoms with Gasteiger partial charge in [0.2, 0.25) is 5.91 Å². The zero-order valence-electron chi connectivity index (χ0n) is 22.4. The van der Waals surface area contributed by atoms with E-state index in [1.807, 2.05) is 6.20 Å². The zero-order valence-corrected chi connectivity index (χ0v) is 22.4. The molecule has 0 spiro atoms. The molecule has 2 saturated carbocycles. The lowest BCUT2D eigenvalue weighted by Crippen LogP contribution is -2.48. The lowest BCUT2D eigenvalue weighted by Gasteiger charge is -2.35. The summed E-state index contributed by atoms with van der Waals surface area (Å²) < 4.78 is 0. The molecule has 1 saturated heterocycles. The highest BCUT2D eigenvalue weighted by molar-refractivity contribution is 5.82. The number of anilines is 1. The van der Waals surface area contributed by atoms with E-state index in [-0.39, 0.29) is 0 Å². The first-order valence-corrected chi connectivity index (χ1v) is 14.1. The molecule has 1 aliphatic heterocycles. The van der Waals surface area contributed by atoms with Crippen molar-refractivity contribution in [1.29, 1.82) is 0 Å². The minimum Gasteiger partial charge on any atom is -0.357 e. The van der Waals surface area contributed by atoms with E-state index >= 15 is 0 Å². The number of rotatable bonds is 8. The summed E-state index contributed by atoms with van der Waals surface area (Å²) in [6, 6.07) is 13.2. The molecular formula is C30H34N8O. The lowest BCUT2D eigenvalue weighted by molar-refractivity contribution is -0.134. The average molecular weight is 523 g/mol. The minimum atomic E-state index is 0.309. The monoisotopic (exact) mass is 522 g/mol. The van der Waals surface area contributed by atoms with Gasteiger partial charge in [0, 0.05) is 81.7 Å². The first kappa shape index (κ1) is 24.2. The van der Waals surface area contributed by atoms with Crippen molar-refractivity contribution in [2.24, 2.45) is 5.92 Å². The Balaban J connectivity index is 1.01. The van der Waals surface area contributed by atoms with Crippen molar-refractivity contribution in [3.63, 3.8) is 0 Å². The predicted octanol–water partition coefficient (Wildman–Crippen LogP) is 3.66. The number of aromatic amines is 1. The quantitative estimate of drug-likeness (QED) is 0.377. The van der Waals surface area contributed by atoms with Gasteiger partial charge in [-0.05, 0) is 55.5 Å². The number of nitrogens with one attached hydrogen (secondary N) is 1. The third kappa shape index (κ3) is 5.36. The maximum atomic E-state index is 12.3. The maximum absolute atomic E-state index is 12.3. The highest BCUT2D eigenvalue weighted by Gasteiger charge is 2.34. The van der Waals surface area contributed by atoms with Crippen LogP contribution >= 0.6 is 0 Å². The van der Waals surface area contributed by atoms with Crippen molar-refractivity contribution in [2.75, 3.05) is 38.1 Å². The Labute approximate surface area is 228 Å². The summed E-state index contributed by atoms with van der Waals surface area (Å²) in [5.41, 5.74) is 6.14. The van der Waals surface area contributed by atoms with Crippen molar-refractivity contribution in [3.05, 3.63) is 66.0 Å². The molecule has 3 aromatic heterocycles. The van der Waals surface area contributed by atoms with Gasteiger partial charge in [-0.3, -0.25) is 14.7 Å². The van der Waals surface area contributed by atoms with Gasteiger partial charge >= 0.3 is 0 Å². The molecule has 1 aromatic carbocycles. The summed E-state index contributed by atoms with van der Waals surface area (Å²) in [6.07, 6.45) is 8.80. The van der Waals surface area contributed by atoms with Crippen molar-refractivity contribution in [3.8, 4) is 11.3 Å². The Morgan fingerprint density at radius 2 is 1.85 bits per heavy atom. The number of hydrogen-bond donors (Lipinski definition) is 1. The van der Waals surface area contributed by atoms with Gasteiger partial charge in [-0.15, -0.1) is 0 Å². The number of fused-ring (bicyclic) bond motifs is 1. The Bertz CT molecular complexity index is 1500. The molecule has 0 unspecified atom stereocenters. The lowest BCUT2D eigenvalue weighted by atomic mass is 10.1. The zero-order chi connectivity index (χ0) is 26.3. The van der Waals surface area contributed by atoms with E-state index in [9.17, 15) is 4.79 Å². The number of nitrogens with zero attached hydrogens (tertiary/aromatic N) is 7. The molecule has 3 aliphatic rings. The molecule has 9 heteroatoms. The normalized spacial score (nSPS) is 18.0. The van der Waals surface area contributed by atoms with Crippen LogP contribution in [0.15, 0.2) is 48.9 Å². The van der Waals surface area contributed by atoms with Gasteiger partial charge in [-0.2, -0.15) is 0 Å². The second-order valence-electron chi connectivity index (χ2n) is 11.2. The Hall–Kier alpha value is -3.85. The molecule has 3 fully saturated rings. The molecule has 0 radical (unpaired) electrons. The van der Waals surface area contributed by atoms with Crippen LogP contribution in [-0.4, -0.2) is 79.9 Å². The number of imidazole rings is 1. The SMILES string of the molecule is CN(c1cc(-c2ccc3nc(Cc4cc(CN5CCN(C(=O)C6CC6)CC5)ccn4)[nH]c3c2)ncn1)C1CC1. The number of benzene rings is 1. The maximum Gasteiger partial charge on any atom is 0.225 e. The van der Waals surface area contributed by atoms with E-state index in [1.54, 1.807) is 6.33 Å². The highest BCUT2D eigenvalue weighted by atomic mass is 16.2. The third-order valence-corrected chi connectivity index (χ3v) is 8.18. The van der Waals surface area contributed by atoms with Crippen LogP contribution in [0.5, 0.6) is 0 Å². The van der Waals surface area contributed by atoms with Gasteiger partial charge in [0.25, 0.3) is 0 Å². The van der Waals surface area contributed by atoms with E-state index in [0.717, 1.165) is 85.2 Å².